The Morgan fingerprint density at radius 2 is 1.94 bits per heavy atom. The minimum Gasteiger partial charge on any atom is -0.768 e. The fourth-order valence-electron chi connectivity index (χ4n) is 1.08. The highest BCUT2D eigenvalue weighted by Gasteiger charge is 2.09. The van der Waals surface area contributed by atoms with Gasteiger partial charge in [-0.15, -0.1) is 0 Å². The summed E-state index contributed by atoms with van der Waals surface area (Å²) in [6.45, 7) is 7.36. The zero-order valence-corrected chi connectivity index (χ0v) is 11.2. The van der Waals surface area contributed by atoms with E-state index in [1.165, 1.54) is 12.2 Å². The van der Waals surface area contributed by atoms with Crippen molar-refractivity contribution in [1.29, 1.82) is 0 Å². The van der Waals surface area contributed by atoms with Gasteiger partial charge in [-0.2, -0.15) is 0 Å². The van der Waals surface area contributed by atoms with E-state index < -0.39 is 17.0 Å². The van der Waals surface area contributed by atoms with E-state index in [1.54, 1.807) is 13.1 Å². The minimum absolute atomic E-state index is 0.146. The van der Waals surface area contributed by atoms with Gasteiger partial charge in [-0.25, -0.2) is 4.79 Å². The van der Waals surface area contributed by atoms with Crippen LogP contribution >= 0.6 is 0 Å². The molecule has 17 heavy (non-hydrogen) atoms. The molecule has 0 amide bonds. The van der Waals surface area contributed by atoms with E-state index in [0.29, 0.717) is 0 Å². The van der Waals surface area contributed by atoms with Gasteiger partial charge in [-0.1, -0.05) is 0 Å². The first-order valence-corrected chi connectivity index (χ1v) is 6.53. The van der Waals surface area contributed by atoms with Crippen LogP contribution in [0.3, 0.4) is 0 Å². The van der Waals surface area contributed by atoms with Crippen molar-refractivity contribution in [3.63, 3.8) is 0 Å². The first-order valence-electron chi connectivity index (χ1n) is 5.45. The van der Waals surface area contributed by atoms with E-state index in [9.17, 15) is 13.6 Å². The number of rotatable bonds is 7. The Morgan fingerprint density at radius 1 is 1.35 bits per heavy atom. The van der Waals surface area contributed by atoms with Gasteiger partial charge in [0.05, 0.1) is 6.61 Å². The number of ether oxygens (including phenoxy) is 1. The van der Waals surface area contributed by atoms with Crippen molar-refractivity contribution in [2.45, 2.75) is 20.8 Å². The molecule has 1 atom stereocenters. The first-order chi connectivity index (χ1) is 8.06. The van der Waals surface area contributed by atoms with Crippen LogP contribution in [0.5, 0.6) is 0 Å². The number of carbonyl (C=O) groups is 1. The maximum absolute atomic E-state index is 11.3. The van der Waals surface area contributed by atoms with E-state index in [-0.39, 0.29) is 11.5 Å². The molecule has 0 saturated heterocycles. The van der Waals surface area contributed by atoms with Gasteiger partial charge in [0.25, 0.3) is 0 Å². The van der Waals surface area contributed by atoms with Crippen molar-refractivity contribution in [3.05, 3.63) is 23.3 Å². The summed E-state index contributed by atoms with van der Waals surface area (Å²) >= 11 is -2.59. The third kappa shape index (κ3) is 6.23. The molecule has 0 aromatic heterocycles. The third-order valence-corrected chi connectivity index (χ3v) is 2.67. The molecule has 0 saturated carbocycles. The number of hydrogen-bond donors (Lipinski definition) is 0. The second-order valence-electron chi connectivity index (χ2n) is 3.05. The summed E-state index contributed by atoms with van der Waals surface area (Å²) in [5, 5.41) is 0. The Morgan fingerprint density at radius 3 is 2.35 bits per heavy atom. The molecule has 0 radical (unpaired) electrons. The average molecular weight is 260 g/mol. The lowest BCUT2D eigenvalue weighted by atomic mass is 10.4. The summed E-state index contributed by atoms with van der Waals surface area (Å²) in [6, 6.07) is 0. The van der Waals surface area contributed by atoms with Crippen LogP contribution in [0.15, 0.2) is 23.3 Å². The molecule has 5 nitrogen and oxygen atoms in total. The molecule has 0 N–H and O–H groups in total. The zero-order chi connectivity index (χ0) is 13.3. The second kappa shape index (κ2) is 8.95. The topological polar surface area (TPSA) is 69.7 Å². The molecule has 0 rings (SSSR count). The number of hydrogen-bond acceptors (Lipinski definition) is 5. The molecule has 98 valence electrons. The summed E-state index contributed by atoms with van der Waals surface area (Å²) in [5.41, 5.74) is 0. The monoisotopic (exact) mass is 260 g/mol. The van der Waals surface area contributed by atoms with Gasteiger partial charge in [0, 0.05) is 13.1 Å². The van der Waals surface area contributed by atoms with Crippen LogP contribution in [0.4, 0.5) is 0 Å². The van der Waals surface area contributed by atoms with E-state index in [2.05, 4.69) is 4.74 Å². The van der Waals surface area contributed by atoms with Gasteiger partial charge < -0.3 is 14.2 Å². The molecule has 0 aliphatic carbocycles. The molecule has 1 unspecified atom stereocenters. The van der Waals surface area contributed by atoms with Crippen LogP contribution in [-0.4, -0.2) is 39.3 Å². The maximum Gasteiger partial charge on any atom is 0.346 e. The molecular weight excluding hydrogens is 242 g/mol. The summed E-state index contributed by atoms with van der Waals surface area (Å²) in [7, 11) is 0. The molecule has 0 aliphatic rings. The highest BCUT2D eigenvalue weighted by Crippen LogP contribution is 2.03. The predicted octanol–water partition coefficient (Wildman–Crippen LogP) is 1.17. The van der Waals surface area contributed by atoms with Crippen LogP contribution in [0.2, 0.25) is 0 Å². The fraction of sp³-hybridized carbons (Fsp3) is 0.545. The lowest BCUT2D eigenvalue weighted by Gasteiger charge is -2.14. The SMILES string of the molecule is CCOC(=O)/C(=C\C=C\N(CC)CC)S(=O)[O-]. The highest BCUT2D eigenvalue weighted by atomic mass is 32.2. The van der Waals surface area contributed by atoms with Crippen molar-refractivity contribution in [2.75, 3.05) is 19.7 Å². The molecule has 6 heteroatoms. The Labute approximate surface area is 104 Å². The van der Waals surface area contributed by atoms with Crippen LogP contribution < -0.4 is 0 Å². The van der Waals surface area contributed by atoms with E-state index in [4.69, 9.17) is 0 Å². The standard InChI is InChI=1S/C11H19NO4S/c1-4-12(5-2)9-7-8-10(17(14)15)11(13)16-6-3/h7-9H,4-6H2,1-3H3,(H,14,15)/p-1/b9-7+,10-8+. The molecule has 0 bridgehead atoms. The Bertz CT molecular complexity index is 321. The lowest BCUT2D eigenvalue weighted by molar-refractivity contribution is -0.137. The van der Waals surface area contributed by atoms with Crippen LogP contribution in [0.25, 0.3) is 0 Å². The Balaban J connectivity index is 4.72. The normalized spacial score (nSPS) is 13.8. The van der Waals surface area contributed by atoms with Crippen LogP contribution in [0, 0.1) is 0 Å². The molecule has 0 spiro atoms. The van der Waals surface area contributed by atoms with Crippen molar-refractivity contribution >= 4 is 17.0 Å². The molecule has 0 fully saturated rings. The van der Waals surface area contributed by atoms with Gasteiger partial charge in [-0.05, 0) is 50.2 Å². The van der Waals surface area contributed by atoms with Crippen molar-refractivity contribution in [1.82, 2.24) is 4.90 Å². The Kier molecular flexibility index (Phi) is 8.35. The minimum atomic E-state index is -2.59. The highest BCUT2D eigenvalue weighted by molar-refractivity contribution is 7.84. The summed E-state index contributed by atoms with van der Waals surface area (Å²) in [6.07, 6.45) is 4.49. The molecular formula is C11H18NO4S-. The largest absolute Gasteiger partial charge is 0.768 e. The summed E-state index contributed by atoms with van der Waals surface area (Å²) < 4.78 is 26.3. The van der Waals surface area contributed by atoms with E-state index in [1.807, 2.05) is 18.7 Å². The van der Waals surface area contributed by atoms with Crippen LogP contribution in [-0.2, 0) is 20.6 Å². The van der Waals surface area contributed by atoms with Crippen molar-refractivity contribution in [3.8, 4) is 0 Å². The fourth-order valence-corrected chi connectivity index (χ4v) is 1.47. The molecule has 0 aliphatic heterocycles. The molecule has 0 aromatic carbocycles. The quantitative estimate of drug-likeness (QED) is 0.297. The third-order valence-electron chi connectivity index (χ3n) is 2.01. The second-order valence-corrected chi connectivity index (χ2v) is 3.96. The van der Waals surface area contributed by atoms with Crippen LogP contribution in [0.1, 0.15) is 20.8 Å². The first kappa shape index (κ1) is 15.9. The zero-order valence-electron chi connectivity index (χ0n) is 10.3. The van der Waals surface area contributed by atoms with E-state index >= 15 is 0 Å². The van der Waals surface area contributed by atoms with Crippen molar-refractivity contribution < 1.29 is 18.3 Å². The van der Waals surface area contributed by atoms with Crippen molar-refractivity contribution in [2.24, 2.45) is 0 Å². The number of esters is 1. The molecule has 0 heterocycles. The summed E-state index contributed by atoms with van der Waals surface area (Å²) in [4.78, 5) is 12.9. The lowest BCUT2D eigenvalue weighted by Crippen LogP contribution is -2.15. The van der Waals surface area contributed by atoms with Gasteiger partial charge in [-0.3, -0.25) is 4.21 Å². The van der Waals surface area contributed by atoms with E-state index in [0.717, 1.165) is 13.1 Å². The molecule has 0 aromatic rings. The number of carbonyl (C=O) groups excluding carboxylic acids is 1. The number of nitrogens with zero attached hydrogens (tertiary/aromatic N) is 1. The number of allylic oxidation sites excluding steroid dienone is 2. The smallest absolute Gasteiger partial charge is 0.346 e. The van der Waals surface area contributed by atoms with Gasteiger partial charge >= 0.3 is 5.97 Å². The Hall–Kier alpha value is -1.14. The predicted molar refractivity (Wildman–Crippen MR) is 65.7 cm³/mol. The van der Waals surface area contributed by atoms with Gasteiger partial charge in [0.2, 0.25) is 0 Å². The van der Waals surface area contributed by atoms with Gasteiger partial charge in [0.1, 0.15) is 4.91 Å². The average Bonchev–Trinajstić information content (AvgIpc) is 2.29. The van der Waals surface area contributed by atoms with Gasteiger partial charge in [0.15, 0.2) is 0 Å². The summed E-state index contributed by atoms with van der Waals surface area (Å²) in [5.74, 6) is -0.829. The maximum atomic E-state index is 11.3.